The molecule has 1 aromatic carbocycles. The Bertz CT molecular complexity index is 589. The van der Waals surface area contributed by atoms with Gasteiger partial charge >= 0.3 is 0 Å². The highest BCUT2D eigenvalue weighted by molar-refractivity contribution is 5.64. The van der Waals surface area contributed by atoms with Gasteiger partial charge in [0.15, 0.2) is 0 Å². The van der Waals surface area contributed by atoms with Crippen LogP contribution in [0.1, 0.15) is 16.8 Å². The van der Waals surface area contributed by atoms with Gasteiger partial charge in [0.1, 0.15) is 11.6 Å². The summed E-state index contributed by atoms with van der Waals surface area (Å²) in [6.45, 7) is 4.53. The largest absolute Gasteiger partial charge is 0.394 e. The van der Waals surface area contributed by atoms with Gasteiger partial charge in [0.2, 0.25) is 0 Å². The molecule has 1 aromatic heterocycles. The Hall–Kier alpha value is -2.04. The monoisotopic (exact) mass is 262 g/mol. The maximum Gasteiger partial charge on any atom is 0.147 e. The quantitative estimate of drug-likeness (QED) is 0.889. The molecule has 0 spiro atoms. The van der Waals surface area contributed by atoms with Crippen LogP contribution in [0.4, 0.5) is 15.9 Å². The van der Waals surface area contributed by atoms with Gasteiger partial charge in [0, 0.05) is 13.6 Å². The highest BCUT2D eigenvalue weighted by atomic mass is 19.1. The molecule has 0 aliphatic rings. The second kappa shape index (κ2) is 5.30. The Balaban J connectivity index is 2.00. The van der Waals surface area contributed by atoms with Crippen LogP contribution in [0, 0.1) is 19.7 Å². The second-order valence-corrected chi connectivity index (χ2v) is 4.72. The summed E-state index contributed by atoms with van der Waals surface area (Å²) in [7, 11) is 1.86. The molecule has 102 valence electrons. The van der Waals surface area contributed by atoms with E-state index in [0.717, 1.165) is 35.6 Å². The Labute approximate surface area is 112 Å². The van der Waals surface area contributed by atoms with E-state index in [1.54, 1.807) is 10.7 Å². The van der Waals surface area contributed by atoms with Crippen molar-refractivity contribution in [3.63, 3.8) is 0 Å². The van der Waals surface area contributed by atoms with Crippen molar-refractivity contribution in [1.29, 1.82) is 0 Å². The zero-order chi connectivity index (χ0) is 14.0. The minimum atomic E-state index is -0.194. The van der Waals surface area contributed by atoms with Crippen molar-refractivity contribution < 1.29 is 4.39 Å². The van der Waals surface area contributed by atoms with Crippen LogP contribution in [0.25, 0.3) is 0 Å². The number of anilines is 2. The number of rotatable bonds is 4. The predicted molar refractivity (Wildman–Crippen MR) is 75.7 cm³/mol. The number of hydrogen-bond donors (Lipinski definition) is 2. The molecule has 0 atom stereocenters. The third kappa shape index (κ3) is 2.86. The highest BCUT2D eigenvalue weighted by Crippen LogP contribution is 2.21. The third-order valence-corrected chi connectivity index (χ3v) is 3.26. The third-order valence-electron chi connectivity index (χ3n) is 3.26. The molecule has 0 unspecified atom stereocenters. The van der Waals surface area contributed by atoms with E-state index < -0.39 is 0 Å². The molecule has 0 radical (unpaired) electrons. The lowest BCUT2D eigenvalue weighted by atomic mass is 10.1. The van der Waals surface area contributed by atoms with Gasteiger partial charge in [-0.3, -0.25) is 4.68 Å². The van der Waals surface area contributed by atoms with Gasteiger partial charge in [0.25, 0.3) is 0 Å². The number of aryl methyl sites for hydroxylation is 3. The van der Waals surface area contributed by atoms with Crippen molar-refractivity contribution in [2.75, 3.05) is 17.6 Å². The van der Waals surface area contributed by atoms with Crippen LogP contribution in [0.5, 0.6) is 0 Å². The molecule has 2 aromatic rings. The summed E-state index contributed by atoms with van der Waals surface area (Å²) < 4.78 is 14.7. The zero-order valence-electron chi connectivity index (χ0n) is 11.5. The van der Waals surface area contributed by atoms with Gasteiger partial charge < -0.3 is 11.1 Å². The average molecular weight is 262 g/mol. The maximum atomic E-state index is 13.0. The molecule has 0 fully saturated rings. The smallest absolute Gasteiger partial charge is 0.147 e. The molecule has 1 heterocycles. The molecular formula is C14H19FN4. The summed E-state index contributed by atoms with van der Waals surface area (Å²) in [6, 6.07) is 4.87. The molecule has 0 aliphatic heterocycles. The fraction of sp³-hybridized carbons (Fsp3) is 0.357. The van der Waals surface area contributed by atoms with Crippen molar-refractivity contribution in [3.8, 4) is 0 Å². The topological polar surface area (TPSA) is 55.9 Å². The number of nitrogen functional groups attached to an aromatic ring is 1. The summed E-state index contributed by atoms with van der Waals surface area (Å²) in [4.78, 5) is 0. The van der Waals surface area contributed by atoms with Crippen LogP contribution >= 0.6 is 0 Å². The van der Waals surface area contributed by atoms with Gasteiger partial charge in [-0.05, 0) is 43.5 Å². The van der Waals surface area contributed by atoms with Crippen LogP contribution in [-0.4, -0.2) is 16.3 Å². The predicted octanol–water partition coefficient (Wildman–Crippen LogP) is 2.41. The molecule has 0 amide bonds. The summed E-state index contributed by atoms with van der Waals surface area (Å²) in [5.74, 6) is 0.637. The number of hydrogen-bond acceptors (Lipinski definition) is 3. The van der Waals surface area contributed by atoms with E-state index in [1.165, 1.54) is 6.07 Å². The maximum absolute atomic E-state index is 13.0. The van der Waals surface area contributed by atoms with Gasteiger partial charge in [-0.15, -0.1) is 0 Å². The minimum Gasteiger partial charge on any atom is -0.394 e. The Kier molecular flexibility index (Phi) is 3.74. The van der Waals surface area contributed by atoms with Gasteiger partial charge in [-0.1, -0.05) is 6.07 Å². The molecule has 5 heteroatoms. The number of benzene rings is 1. The molecule has 3 N–H and O–H groups in total. The Morgan fingerprint density at radius 3 is 2.68 bits per heavy atom. The first kappa shape index (κ1) is 13.4. The summed E-state index contributed by atoms with van der Waals surface area (Å²) >= 11 is 0. The molecule has 4 nitrogen and oxygen atoms in total. The van der Waals surface area contributed by atoms with Crippen LogP contribution in [0.2, 0.25) is 0 Å². The number of halogens is 1. The van der Waals surface area contributed by atoms with Crippen LogP contribution in [0.15, 0.2) is 18.2 Å². The Morgan fingerprint density at radius 2 is 2.11 bits per heavy atom. The van der Waals surface area contributed by atoms with Crippen molar-refractivity contribution >= 4 is 11.5 Å². The minimum absolute atomic E-state index is 0.194. The van der Waals surface area contributed by atoms with E-state index in [0.29, 0.717) is 5.69 Å². The van der Waals surface area contributed by atoms with Crippen molar-refractivity contribution in [3.05, 3.63) is 40.8 Å². The lowest BCUT2D eigenvalue weighted by Crippen LogP contribution is -2.10. The first-order chi connectivity index (χ1) is 8.99. The molecular weight excluding hydrogens is 243 g/mol. The van der Waals surface area contributed by atoms with E-state index in [9.17, 15) is 4.39 Å². The van der Waals surface area contributed by atoms with E-state index in [4.69, 9.17) is 5.73 Å². The van der Waals surface area contributed by atoms with Crippen molar-refractivity contribution in [2.45, 2.75) is 20.3 Å². The van der Waals surface area contributed by atoms with E-state index >= 15 is 0 Å². The molecule has 0 saturated carbocycles. The van der Waals surface area contributed by atoms with E-state index in [-0.39, 0.29) is 5.82 Å². The van der Waals surface area contributed by atoms with Crippen LogP contribution in [0.3, 0.4) is 0 Å². The number of nitrogens with zero attached hydrogens (tertiary/aromatic N) is 2. The van der Waals surface area contributed by atoms with Crippen LogP contribution in [-0.2, 0) is 13.5 Å². The molecule has 0 aliphatic carbocycles. The summed E-state index contributed by atoms with van der Waals surface area (Å²) in [6.07, 6.45) is 0.815. The average Bonchev–Trinajstić information content (AvgIpc) is 2.58. The van der Waals surface area contributed by atoms with E-state index in [1.807, 2.05) is 27.0 Å². The lowest BCUT2D eigenvalue weighted by Gasteiger charge is -2.09. The number of nitrogens with one attached hydrogen (secondary N) is 1. The zero-order valence-corrected chi connectivity index (χ0v) is 11.5. The van der Waals surface area contributed by atoms with Gasteiger partial charge in [-0.2, -0.15) is 5.10 Å². The standard InChI is InChI=1S/C14H19FN4/c1-9-8-12(15)5-4-11(9)6-7-17-14-13(16)10(2)18-19(14)3/h4-5,8,17H,6-7,16H2,1-3H3. The second-order valence-electron chi connectivity index (χ2n) is 4.72. The fourth-order valence-corrected chi connectivity index (χ4v) is 2.14. The highest BCUT2D eigenvalue weighted by Gasteiger charge is 2.09. The van der Waals surface area contributed by atoms with Crippen molar-refractivity contribution in [2.24, 2.45) is 7.05 Å². The van der Waals surface area contributed by atoms with Crippen molar-refractivity contribution in [1.82, 2.24) is 9.78 Å². The Morgan fingerprint density at radius 1 is 1.37 bits per heavy atom. The SMILES string of the molecule is Cc1cc(F)ccc1CCNc1c(N)c(C)nn1C. The first-order valence-electron chi connectivity index (χ1n) is 6.27. The molecule has 19 heavy (non-hydrogen) atoms. The van der Waals surface area contributed by atoms with Gasteiger partial charge in [-0.25, -0.2) is 4.39 Å². The fourth-order valence-electron chi connectivity index (χ4n) is 2.14. The number of aromatic nitrogens is 2. The van der Waals surface area contributed by atoms with Gasteiger partial charge in [0.05, 0.1) is 11.4 Å². The van der Waals surface area contributed by atoms with Crippen LogP contribution < -0.4 is 11.1 Å². The molecule has 0 saturated heterocycles. The number of nitrogens with two attached hydrogens (primary N) is 1. The lowest BCUT2D eigenvalue weighted by molar-refractivity contribution is 0.625. The first-order valence-corrected chi connectivity index (χ1v) is 6.27. The normalized spacial score (nSPS) is 10.7. The summed E-state index contributed by atoms with van der Waals surface area (Å²) in [5, 5.41) is 7.52. The molecule has 0 bridgehead atoms. The van der Waals surface area contributed by atoms with E-state index in [2.05, 4.69) is 10.4 Å². The summed E-state index contributed by atoms with van der Waals surface area (Å²) in [5.41, 5.74) is 9.54. The molecule has 2 rings (SSSR count).